The molecule has 2 unspecified atom stereocenters. The minimum absolute atomic E-state index is 0.0730. The Balaban J connectivity index is 3.51. The largest absolute Gasteiger partial charge is 0.394 e. The molecular formula is C59H113NO3. The summed E-state index contributed by atoms with van der Waals surface area (Å²) in [6.45, 7) is 4.33. The van der Waals surface area contributed by atoms with Crippen LogP contribution in [0.2, 0.25) is 0 Å². The molecule has 372 valence electrons. The number of nitrogens with one attached hydrogen (secondary N) is 1. The van der Waals surface area contributed by atoms with Gasteiger partial charge in [-0.05, 0) is 44.9 Å². The van der Waals surface area contributed by atoms with Gasteiger partial charge in [0.05, 0.1) is 18.8 Å². The summed E-state index contributed by atoms with van der Waals surface area (Å²) >= 11 is 0. The molecule has 0 rings (SSSR count). The van der Waals surface area contributed by atoms with E-state index in [2.05, 4.69) is 43.5 Å². The zero-order valence-corrected chi connectivity index (χ0v) is 42.9. The molecule has 0 spiro atoms. The molecule has 0 aliphatic carbocycles. The Kier molecular flexibility index (Phi) is 53.7. The summed E-state index contributed by atoms with van der Waals surface area (Å²) in [7, 11) is 0. The lowest BCUT2D eigenvalue weighted by atomic mass is 10.0. The first-order valence-corrected chi connectivity index (χ1v) is 28.7. The van der Waals surface area contributed by atoms with Crippen molar-refractivity contribution in [1.82, 2.24) is 5.32 Å². The SMILES string of the molecule is CCCCCCCCCCCCCCCCCCCCCCCCC/C=C/CC/C=C/CC/C=C/C(O)C(CO)NC(=O)CCCCCCCCCCCCCCCCCCCC. The van der Waals surface area contributed by atoms with Gasteiger partial charge in [-0.25, -0.2) is 0 Å². The van der Waals surface area contributed by atoms with Gasteiger partial charge in [-0.3, -0.25) is 4.79 Å². The monoisotopic (exact) mass is 884 g/mol. The molecule has 4 nitrogen and oxygen atoms in total. The Morgan fingerprint density at radius 3 is 0.921 bits per heavy atom. The van der Waals surface area contributed by atoms with Crippen LogP contribution in [0.3, 0.4) is 0 Å². The molecule has 0 aromatic heterocycles. The number of rotatable bonds is 53. The Bertz CT molecular complexity index is 958. The molecule has 4 heteroatoms. The van der Waals surface area contributed by atoms with Gasteiger partial charge < -0.3 is 15.5 Å². The zero-order valence-electron chi connectivity index (χ0n) is 42.9. The van der Waals surface area contributed by atoms with Gasteiger partial charge >= 0.3 is 0 Å². The van der Waals surface area contributed by atoms with Crippen molar-refractivity contribution in [3.63, 3.8) is 0 Å². The van der Waals surface area contributed by atoms with E-state index in [1.807, 2.05) is 6.08 Å². The van der Waals surface area contributed by atoms with Crippen LogP contribution in [0.15, 0.2) is 36.5 Å². The van der Waals surface area contributed by atoms with E-state index in [9.17, 15) is 15.0 Å². The number of hydrogen-bond donors (Lipinski definition) is 3. The van der Waals surface area contributed by atoms with Crippen molar-refractivity contribution in [1.29, 1.82) is 0 Å². The van der Waals surface area contributed by atoms with E-state index < -0.39 is 12.1 Å². The van der Waals surface area contributed by atoms with Crippen molar-refractivity contribution >= 4 is 5.91 Å². The average Bonchev–Trinajstić information content (AvgIpc) is 3.29. The third-order valence-corrected chi connectivity index (χ3v) is 13.4. The fourth-order valence-electron chi connectivity index (χ4n) is 8.98. The summed E-state index contributed by atoms with van der Waals surface area (Å²) < 4.78 is 0. The number of carbonyl (C=O) groups excluding carboxylic acids is 1. The first-order chi connectivity index (χ1) is 31.2. The molecule has 0 fully saturated rings. The number of amides is 1. The van der Waals surface area contributed by atoms with Crippen LogP contribution in [0.4, 0.5) is 0 Å². The molecule has 3 N–H and O–H groups in total. The van der Waals surface area contributed by atoms with Crippen LogP contribution in [-0.4, -0.2) is 34.9 Å². The Morgan fingerprint density at radius 1 is 0.365 bits per heavy atom. The standard InChI is InChI=1S/C59H113NO3/c1-3-5-7-9-11-13-15-17-19-21-23-24-25-26-27-28-29-30-31-32-33-34-35-36-37-38-40-42-44-46-48-50-52-54-58(62)57(56-61)60-59(63)55-53-51-49-47-45-43-41-39-22-20-18-16-14-12-10-8-6-4-2/h37-38,44,46,52,54,57-58,61-62H,3-36,39-43,45,47-51,53,55-56H2,1-2H3,(H,60,63)/b38-37+,46-44+,54-52+. The molecule has 0 aliphatic heterocycles. The van der Waals surface area contributed by atoms with Crippen LogP contribution in [-0.2, 0) is 4.79 Å². The lowest BCUT2D eigenvalue weighted by Gasteiger charge is -2.19. The van der Waals surface area contributed by atoms with Gasteiger partial charge in [-0.1, -0.05) is 301 Å². The van der Waals surface area contributed by atoms with Crippen molar-refractivity contribution in [3.8, 4) is 0 Å². The van der Waals surface area contributed by atoms with Gasteiger partial charge in [0.25, 0.3) is 0 Å². The molecule has 1 amide bonds. The number of hydrogen-bond acceptors (Lipinski definition) is 3. The molecule has 0 radical (unpaired) electrons. The summed E-state index contributed by atoms with van der Waals surface area (Å²) in [4.78, 5) is 12.4. The van der Waals surface area contributed by atoms with Crippen molar-refractivity contribution in [2.75, 3.05) is 6.61 Å². The zero-order chi connectivity index (χ0) is 45.6. The van der Waals surface area contributed by atoms with E-state index in [1.54, 1.807) is 6.08 Å². The minimum atomic E-state index is -0.869. The summed E-state index contributed by atoms with van der Waals surface area (Å²) in [5.41, 5.74) is 0. The van der Waals surface area contributed by atoms with E-state index in [0.29, 0.717) is 6.42 Å². The van der Waals surface area contributed by atoms with E-state index >= 15 is 0 Å². The second-order valence-electron chi connectivity index (χ2n) is 19.7. The minimum Gasteiger partial charge on any atom is -0.394 e. The fourth-order valence-corrected chi connectivity index (χ4v) is 8.98. The summed E-state index contributed by atoms with van der Waals surface area (Å²) in [5, 5.41) is 23.1. The lowest BCUT2D eigenvalue weighted by Crippen LogP contribution is -2.45. The van der Waals surface area contributed by atoms with E-state index in [0.717, 1.165) is 38.5 Å². The van der Waals surface area contributed by atoms with Gasteiger partial charge in [-0.2, -0.15) is 0 Å². The molecule has 0 aromatic carbocycles. The molecule has 0 bridgehead atoms. The van der Waals surface area contributed by atoms with Crippen molar-refractivity contribution < 1.29 is 15.0 Å². The number of allylic oxidation sites excluding steroid dienone is 5. The first-order valence-electron chi connectivity index (χ1n) is 28.7. The van der Waals surface area contributed by atoms with E-state index in [-0.39, 0.29) is 12.5 Å². The van der Waals surface area contributed by atoms with Crippen LogP contribution < -0.4 is 5.32 Å². The smallest absolute Gasteiger partial charge is 0.220 e. The Labute approximate surface area is 395 Å². The Hall–Kier alpha value is -1.39. The van der Waals surface area contributed by atoms with Gasteiger partial charge in [0.1, 0.15) is 0 Å². The summed E-state index contributed by atoms with van der Waals surface area (Å²) in [6, 6.07) is -0.644. The predicted octanol–water partition coefficient (Wildman–Crippen LogP) is 18.9. The van der Waals surface area contributed by atoms with Gasteiger partial charge in [0, 0.05) is 6.42 Å². The number of carbonyl (C=O) groups is 1. The van der Waals surface area contributed by atoms with Crippen LogP contribution >= 0.6 is 0 Å². The highest BCUT2D eigenvalue weighted by molar-refractivity contribution is 5.76. The molecule has 0 saturated heterocycles. The molecule has 0 aliphatic rings. The number of aliphatic hydroxyl groups is 2. The van der Waals surface area contributed by atoms with E-state index in [4.69, 9.17) is 0 Å². The maximum Gasteiger partial charge on any atom is 0.220 e. The lowest BCUT2D eigenvalue weighted by molar-refractivity contribution is -0.123. The quantitative estimate of drug-likeness (QED) is 0.0421. The molecule has 0 heterocycles. The number of unbranched alkanes of at least 4 members (excludes halogenated alkanes) is 42. The third kappa shape index (κ3) is 51.5. The summed E-state index contributed by atoms with van der Waals surface area (Å²) in [5.74, 6) is -0.0730. The topological polar surface area (TPSA) is 69.6 Å². The second-order valence-corrected chi connectivity index (χ2v) is 19.7. The fraction of sp³-hybridized carbons (Fsp3) is 0.881. The van der Waals surface area contributed by atoms with Gasteiger partial charge in [0.2, 0.25) is 5.91 Å². The van der Waals surface area contributed by atoms with E-state index in [1.165, 1.54) is 257 Å². The molecule has 0 saturated carbocycles. The molecule has 0 aromatic rings. The third-order valence-electron chi connectivity index (χ3n) is 13.4. The average molecular weight is 885 g/mol. The molecule has 2 atom stereocenters. The first kappa shape index (κ1) is 61.6. The second kappa shape index (κ2) is 54.9. The van der Waals surface area contributed by atoms with Crippen LogP contribution in [0, 0.1) is 0 Å². The molecule has 63 heavy (non-hydrogen) atoms. The van der Waals surface area contributed by atoms with Crippen LogP contribution in [0.5, 0.6) is 0 Å². The van der Waals surface area contributed by atoms with Crippen molar-refractivity contribution in [2.45, 2.75) is 328 Å². The maximum absolute atomic E-state index is 12.4. The van der Waals surface area contributed by atoms with Crippen LogP contribution in [0.1, 0.15) is 316 Å². The highest BCUT2D eigenvalue weighted by atomic mass is 16.3. The summed E-state index contributed by atoms with van der Waals surface area (Å²) in [6.07, 6.45) is 74.7. The number of aliphatic hydroxyl groups excluding tert-OH is 2. The normalized spacial score (nSPS) is 13.0. The van der Waals surface area contributed by atoms with Crippen LogP contribution in [0.25, 0.3) is 0 Å². The Morgan fingerprint density at radius 2 is 0.619 bits per heavy atom. The maximum atomic E-state index is 12.4. The highest BCUT2D eigenvalue weighted by Crippen LogP contribution is 2.17. The molecular weight excluding hydrogens is 771 g/mol. The van der Waals surface area contributed by atoms with Gasteiger partial charge in [0.15, 0.2) is 0 Å². The van der Waals surface area contributed by atoms with Crippen molar-refractivity contribution in [3.05, 3.63) is 36.5 Å². The highest BCUT2D eigenvalue weighted by Gasteiger charge is 2.18. The predicted molar refractivity (Wildman–Crippen MR) is 281 cm³/mol. The van der Waals surface area contributed by atoms with Crippen molar-refractivity contribution in [2.24, 2.45) is 0 Å². The van der Waals surface area contributed by atoms with Gasteiger partial charge in [-0.15, -0.1) is 0 Å².